The predicted octanol–water partition coefficient (Wildman–Crippen LogP) is 5.29. The monoisotopic (exact) mass is 567 g/mol. The van der Waals surface area contributed by atoms with E-state index in [1.54, 1.807) is 23.1 Å². The van der Waals surface area contributed by atoms with Crippen LogP contribution in [0.5, 0.6) is 0 Å². The van der Waals surface area contributed by atoms with Crippen LogP contribution in [-0.4, -0.2) is 46.4 Å². The zero-order valence-corrected chi connectivity index (χ0v) is 23.1. The Morgan fingerprint density at radius 3 is 2.41 bits per heavy atom. The minimum Gasteiger partial charge on any atom is -0.359 e. The Kier molecular flexibility index (Phi) is 6.94. The lowest BCUT2D eigenvalue weighted by Gasteiger charge is -2.37. The molecule has 3 heterocycles. The molecule has 4 aliphatic rings. The SMILES string of the molecule is CC(c1ccccc1)N1C(=O)C2C(C(=O)Nc3cc(Cl)cc(Cl)c3)C3C=CC2(O3)C1C(=O)NC1CCCCC1. The standard InChI is InChI=1S/C30H31Cl2N3O4/c1-17(18-8-4-2-5-9-18)35-26(28(37)33-21-10-6-3-7-11-21)30-13-12-23(39-30)24(25(30)29(35)38)27(36)34-22-15-19(31)14-20(32)16-22/h2,4-5,8-9,12-17,21,23-26H,3,6-7,10-11H2,1H3,(H,33,37)(H,34,36). The van der Waals surface area contributed by atoms with Crippen molar-refractivity contribution in [1.29, 1.82) is 0 Å². The van der Waals surface area contributed by atoms with E-state index >= 15 is 0 Å². The van der Waals surface area contributed by atoms with E-state index in [1.165, 1.54) is 6.42 Å². The zero-order valence-electron chi connectivity index (χ0n) is 21.6. The van der Waals surface area contributed by atoms with Crippen LogP contribution in [0.1, 0.15) is 50.6 Å². The van der Waals surface area contributed by atoms with Crippen molar-refractivity contribution in [2.75, 3.05) is 5.32 Å². The van der Waals surface area contributed by atoms with Gasteiger partial charge in [0.25, 0.3) is 0 Å². The van der Waals surface area contributed by atoms with Crippen LogP contribution in [0.4, 0.5) is 5.69 Å². The summed E-state index contributed by atoms with van der Waals surface area (Å²) in [5.74, 6) is -2.50. The van der Waals surface area contributed by atoms with Gasteiger partial charge in [-0.1, -0.05) is 84.9 Å². The molecule has 2 bridgehead atoms. The van der Waals surface area contributed by atoms with Crippen LogP contribution >= 0.6 is 23.2 Å². The van der Waals surface area contributed by atoms with Crippen LogP contribution in [0.3, 0.4) is 0 Å². The maximum Gasteiger partial charge on any atom is 0.246 e. The summed E-state index contributed by atoms with van der Waals surface area (Å²) in [6.07, 6.45) is 8.18. The molecule has 7 nitrogen and oxygen atoms in total. The number of rotatable bonds is 6. The van der Waals surface area contributed by atoms with Crippen LogP contribution in [-0.2, 0) is 19.1 Å². The van der Waals surface area contributed by atoms with Gasteiger partial charge in [0.2, 0.25) is 17.7 Å². The quantitative estimate of drug-likeness (QED) is 0.464. The number of amides is 3. The van der Waals surface area contributed by atoms with E-state index in [0.29, 0.717) is 15.7 Å². The highest BCUT2D eigenvalue weighted by Crippen LogP contribution is 2.56. The number of carbonyl (C=O) groups excluding carboxylic acids is 3. The largest absolute Gasteiger partial charge is 0.359 e. The Labute approximate surface area is 237 Å². The number of halogens is 2. The highest BCUT2D eigenvalue weighted by Gasteiger charge is 2.73. The fourth-order valence-electron chi connectivity index (χ4n) is 6.89. The molecule has 1 saturated carbocycles. The Bertz CT molecular complexity index is 1310. The molecular weight excluding hydrogens is 537 g/mol. The first kappa shape index (κ1) is 26.4. The van der Waals surface area contributed by atoms with Gasteiger partial charge in [0.1, 0.15) is 11.6 Å². The summed E-state index contributed by atoms with van der Waals surface area (Å²) >= 11 is 12.3. The van der Waals surface area contributed by atoms with E-state index in [1.807, 2.05) is 49.4 Å². The van der Waals surface area contributed by atoms with Gasteiger partial charge < -0.3 is 20.3 Å². The van der Waals surface area contributed by atoms with Gasteiger partial charge >= 0.3 is 0 Å². The van der Waals surface area contributed by atoms with Crippen molar-refractivity contribution >= 4 is 46.6 Å². The van der Waals surface area contributed by atoms with E-state index in [0.717, 1.165) is 31.2 Å². The fourth-order valence-corrected chi connectivity index (χ4v) is 7.42. The van der Waals surface area contributed by atoms with E-state index < -0.39 is 35.6 Å². The first-order chi connectivity index (χ1) is 18.8. The van der Waals surface area contributed by atoms with Gasteiger partial charge in [0.15, 0.2) is 0 Å². The molecule has 1 aliphatic carbocycles. The number of nitrogens with zero attached hydrogens (tertiary/aromatic N) is 1. The van der Waals surface area contributed by atoms with Crippen LogP contribution in [0.25, 0.3) is 0 Å². The van der Waals surface area contributed by atoms with Crippen molar-refractivity contribution in [3.05, 3.63) is 76.3 Å². The van der Waals surface area contributed by atoms with Gasteiger partial charge in [-0.3, -0.25) is 14.4 Å². The van der Waals surface area contributed by atoms with E-state index in [2.05, 4.69) is 10.6 Å². The van der Waals surface area contributed by atoms with Crippen LogP contribution < -0.4 is 10.6 Å². The summed E-state index contributed by atoms with van der Waals surface area (Å²) in [7, 11) is 0. The van der Waals surface area contributed by atoms with Crippen molar-refractivity contribution in [3.8, 4) is 0 Å². The molecule has 2 N–H and O–H groups in total. The topological polar surface area (TPSA) is 87.7 Å². The normalized spacial score (nSPS) is 30.3. The van der Waals surface area contributed by atoms with Gasteiger partial charge in [-0.25, -0.2) is 0 Å². The molecule has 9 heteroatoms. The molecule has 2 saturated heterocycles. The molecule has 2 aromatic carbocycles. The second-order valence-corrected chi connectivity index (χ2v) is 11.9. The lowest BCUT2D eigenvalue weighted by molar-refractivity contribution is -0.143. The summed E-state index contributed by atoms with van der Waals surface area (Å²) in [4.78, 5) is 43.6. The maximum atomic E-state index is 14.3. The number of likely N-dealkylation sites (tertiary alicyclic amines) is 1. The predicted molar refractivity (Wildman–Crippen MR) is 149 cm³/mol. The molecule has 0 aromatic heterocycles. The molecule has 3 amide bonds. The minimum absolute atomic E-state index is 0.0694. The third-order valence-electron chi connectivity index (χ3n) is 8.64. The summed E-state index contributed by atoms with van der Waals surface area (Å²) in [5.41, 5.74) is 0.119. The number of nitrogens with one attached hydrogen (secondary N) is 2. The van der Waals surface area contributed by atoms with Gasteiger partial charge in [0, 0.05) is 21.8 Å². The molecule has 3 aliphatic heterocycles. The van der Waals surface area contributed by atoms with Crippen LogP contribution in [0, 0.1) is 11.8 Å². The molecule has 6 atom stereocenters. The number of carbonyl (C=O) groups is 3. The number of hydrogen-bond donors (Lipinski definition) is 2. The smallest absolute Gasteiger partial charge is 0.246 e. The van der Waals surface area contributed by atoms with E-state index in [-0.39, 0.29) is 23.8 Å². The second kappa shape index (κ2) is 10.3. The fraction of sp³-hybridized carbons (Fsp3) is 0.433. The molecule has 6 rings (SSSR count). The van der Waals surface area contributed by atoms with Crippen molar-refractivity contribution in [2.24, 2.45) is 11.8 Å². The molecule has 39 heavy (non-hydrogen) atoms. The van der Waals surface area contributed by atoms with Crippen molar-refractivity contribution in [1.82, 2.24) is 10.2 Å². The highest BCUT2D eigenvalue weighted by molar-refractivity contribution is 6.35. The Morgan fingerprint density at radius 2 is 1.72 bits per heavy atom. The second-order valence-electron chi connectivity index (χ2n) is 11.0. The van der Waals surface area contributed by atoms with Gasteiger partial charge in [-0.2, -0.15) is 0 Å². The number of fused-ring (bicyclic) bond motifs is 1. The number of ether oxygens (including phenoxy) is 1. The summed E-state index contributed by atoms with van der Waals surface area (Å²) in [6.45, 7) is 1.92. The van der Waals surface area contributed by atoms with Gasteiger partial charge in [-0.15, -0.1) is 0 Å². The molecular formula is C30H31Cl2N3O4. The molecule has 1 spiro atoms. The van der Waals surface area contributed by atoms with E-state index in [9.17, 15) is 14.4 Å². The zero-order chi connectivity index (χ0) is 27.3. The van der Waals surface area contributed by atoms with Crippen molar-refractivity contribution in [2.45, 2.75) is 68.9 Å². The summed E-state index contributed by atoms with van der Waals surface area (Å²) < 4.78 is 6.46. The third-order valence-corrected chi connectivity index (χ3v) is 9.08. The lowest BCUT2D eigenvalue weighted by atomic mass is 9.74. The number of anilines is 1. The molecule has 6 unspecified atom stereocenters. The first-order valence-electron chi connectivity index (χ1n) is 13.6. The number of benzene rings is 2. The average molecular weight is 569 g/mol. The van der Waals surface area contributed by atoms with Crippen molar-refractivity contribution < 1.29 is 19.1 Å². The van der Waals surface area contributed by atoms with Crippen LogP contribution in [0.15, 0.2) is 60.7 Å². The highest BCUT2D eigenvalue weighted by atomic mass is 35.5. The Balaban J connectivity index is 1.35. The van der Waals surface area contributed by atoms with Gasteiger partial charge in [0.05, 0.1) is 24.0 Å². The molecule has 204 valence electrons. The molecule has 3 fully saturated rings. The van der Waals surface area contributed by atoms with Crippen molar-refractivity contribution in [3.63, 3.8) is 0 Å². The maximum absolute atomic E-state index is 14.3. The molecule has 2 aromatic rings. The Hall–Kier alpha value is -2.87. The lowest BCUT2D eigenvalue weighted by Crippen LogP contribution is -2.56. The summed E-state index contributed by atoms with van der Waals surface area (Å²) in [5, 5.41) is 6.87. The van der Waals surface area contributed by atoms with Crippen LogP contribution in [0.2, 0.25) is 10.0 Å². The third kappa shape index (κ3) is 4.54. The van der Waals surface area contributed by atoms with E-state index in [4.69, 9.17) is 27.9 Å². The van der Waals surface area contributed by atoms with Gasteiger partial charge in [-0.05, 0) is 43.5 Å². The minimum atomic E-state index is -1.22. The summed E-state index contributed by atoms with van der Waals surface area (Å²) in [6, 6.07) is 13.2. The first-order valence-corrected chi connectivity index (χ1v) is 14.4. The molecule has 0 radical (unpaired) electrons. The number of hydrogen-bond acceptors (Lipinski definition) is 4. The Morgan fingerprint density at radius 1 is 1.03 bits per heavy atom. The average Bonchev–Trinajstić information content (AvgIpc) is 3.56.